The average Bonchev–Trinajstić information content (AvgIpc) is 2.66. The number of halogens is 1. The smallest absolute Gasteiger partial charge is 0.312 e. The molecule has 0 aliphatic rings. The van der Waals surface area contributed by atoms with E-state index >= 15 is 0 Å². The second kappa shape index (κ2) is 4.32. The summed E-state index contributed by atoms with van der Waals surface area (Å²) < 4.78 is 5.17. The second-order valence-electron chi connectivity index (χ2n) is 3.05. The Morgan fingerprint density at radius 3 is 2.81 bits per heavy atom. The van der Waals surface area contributed by atoms with Gasteiger partial charge in [-0.05, 0) is 12.1 Å². The molecule has 0 unspecified atom stereocenters. The van der Waals surface area contributed by atoms with Gasteiger partial charge in [0.05, 0.1) is 10.6 Å². The number of benzene rings is 1. The van der Waals surface area contributed by atoms with Gasteiger partial charge < -0.3 is 9.52 Å². The summed E-state index contributed by atoms with van der Waals surface area (Å²) in [7, 11) is 0. The third-order valence-electron chi connectivity index (χ3n) is 1.87. The molecular formula is C10H7ClN2O3. The zero-order chi connectivity index (χ0) is 11.5. The number of carboxylic acids is 1. The number of aromatic nitrogens is 2. The molecule has 82 valence electrons. The van der Waals surface area contributed by atoms with Gasteiger partial charge in [-0.3, -0.25) is 4.79 Å². The summed E-state index contributed by atoms with van der Waals surface area (Å²) in [6.45, 7) is 0. The van der Waals surface area contributed by atoms with Crippen molar-refractivity contribution in [2.24, 2.45) is 0 Å². The average molecular weight is 239 g/mol. The van der Waals surface area contributed by atoms with E-state index in [1.54, 1.807) is 24.3 Å². The fourth-order valence-electron chi connectivity index (χ4n) is 1.20. The maximum atomic E-state index is 10.4. The van der Waals surface area contributed by atoms with Crippen molar-refractivity contribution < 1.29 is 14.3 Å². The van der Waals surface area contributed by atoms with E-state index in [-0.39, 0.29) is 18.2 Å². The van der Waals surface area contributed by atoms with Crippen LogP contribution in [0.1, 0.15) is 5.89 Å². The number of hydrogen-bond donors (Lipinski definition) is 1. The molecule has 0 aliphatic heterocycles. The Hall–Kier alpha value is -1.88. The molecular weight excluding hydrogens is 232 g/mol. The molecule has 6 heteroatoms. The maximum Gasteiger partial charge on any atom is 0.312 e. The first-order chi connectivity index (χ1) is 7.66. The Balaban J connectivity index is 2.32. The molecule has 0 atom stereocenters. The lowest BCUT2D eigenvalue weighted by Gasteiger charge is -1.96. The van der Waals surface area contributed by atoms with E-state index in [9.17, 15) is 4.79 Å². The highest BCUT2D eigenvalue weighted by Gasteiger charge is 2.13. The largest absolute Gasteiger partial charge is 0.481 e. The summed E-state index contributed by atoms with van der Waals surface area (Å²) in [4.78, 5) is 10.4. The SMILES string of the molecule is O=C(O)Cc1nnc(-c2ccccc2Cl)o1. The predicted molar refractivity (Wildman–Crippen MR) is 56.1 cm³/mol. The van der Waals surface area contributed by atoms with Crippen LogP contribution < -0.4 is 0 Å². The van der Waals surface area contributed by atoms with Crippen LogP contribution in [0, 0.1) is 0 Å². The van der Waals surface area contributed by atoms with Gasteiger partial charge in [0, 0.05) is 0 Å². The van der Waals surface area contributed by atoms with E-state index in [1.807, 2.05) is 0 Å². The standard InChI is InChI=1S/C10H7ClN2O3/c11-7-4-2-1-3-6(7)10-13-12-8(16-10)5-9(14)15/h1-4H,5H2,(H,14,15). The zero-order valence-corrected chi connectivity index (χ0v) is 8.81. The molecule has 1 aromatic heterocycles. The number of rotatable bonds is 3. The van der Waals surface area contributed by atoms with Crippen molar-refractivity contribution in [3.8, 4) is 11.5 Å². The molecule has 0 amide bonds. The Kier molecular flexibility index (Phi) is 2.87. The monoisotopic (exact) mass is 238 g/mol. The van der Waals surface area contributed by atoms with Crippen molar-refractivity contribution >= 4 is 17.6 Å². The van der Waals surface area contributed by atoms with E-state index < -0.39 is 5.97 Å². The van der Waals surface area contributed by atoms with Crippen LogP contribution >= 0.6 is 11.6 Å². The molecule has 0 aliphatic carbocycles. The van der Waals surface area contributed by atoms with Gasteiger partial charge in [0.15, 0.2) is 0 Å². The van der Waals surface area contributed by atoms with Gasteiger partial charge in [-0.25, -0.2) is 0 Å². The molecule has 0 fully saturated rings. The van der Waals surface area contributed by atoms with Crippen LogP contribution in [0.15, 0.2) is 28.7 Å². The third kappa shape index (κ3) is 2.20. The maximum absolute atomic E-state index is 10.4. The predicted octanol–water partition coefficient (Wildman–Crippen LogP) is 2.02. The summed E-state index contributed by atoms with van der Waals surface area (Å²) in [5, 5.41) is 16.4. The number of aliphatic carboxylic acids is 1. The highest BCUT2D eigenvalue weighted by molar-refractivity contribution is 6.33. The first-order valence-corrected chi connectivity index (χ1v) is 4.83. The summed E-state index contributed by atoms with van der Waals surface area (Å²) >= 11 is 5.93. The van der Waals surface area contributed by atoms with E-state index in [0.717, 1.165) is 0 Å². The van der Waals surface area contributed by atoms with Gasteiger partial charge in [0.25, 0.3) is 0 Å². The van der Waals surface area contributed by atoms with Crippen LogP contribution in [0.5, 0.6) is 0 Å². The lowest BCUT2D eigenvalue weighted by atomic mass is 10.2. The van der Waals surface area contributed by atoms with Crippen LogP contribution in [0.25, 0.3) is 11.5 Å². The summed E-state index contributed by atoms with van der Waals surface area (Å²) in [5.74, 6) is -0.737. The molecule has 5 nitrogen and oxygen atoms in total. The van der Waals surface area contributed by atoms with Gasteiger partial charge >= 0.3 is 5.97 Å². The van der Waals surface area contributed by atoms with Crippen molar-refractivity contribution in [1.82, 2.24) is 10.2 Å². The molecule has 1 aromatic carbocycles. The van der Waals surface area contributed by atoms with Crippen LogP contribution in [0.4, 0.5) is 0 Å². The molecule has 0 bridgehead atoms. The molecule has 1 heterocycles. The Bertz CT molecular complexity index is 524. The Labute approximate surface area is 95.7 Å². The summed E-state index contributed by atoms with van der Waals surface area (Å²) in [6.07, 6.45) is -0.294. The molecule has 0 saturated heterocycles. The van der Waals surface area contributed by atoms with Crippen molar-refractivity contribution in [3.05, 3.63) is 35.2 Å². The molecule has 2 rings (SSSR count). The molecule has 1 N–H and O–H groups in total. The topological polar surface area (TPSA) is 76.2 Å². The molecule has 2 aromatic rings. The van der Waals surface area contributed by atoms with Gasteiger partial charge in [-0.1, -0.05) is 23.7 Å². The minimum Gasteiger partial charge on any atom is -0.481 e. The van der Waals surface area contributed by atoms with E-state index in [0.29, 0.717) is 10.6 Å². The van der Waals surface area contributed by atoms with Crippen LogP contribution in [0.3, 0.4) is 0 Å². The van der Waals surface area contributed by atoms with Crippen LogP contribution in [-0.4, -0.2) is 21.3 Å². The first kappa shape index (κ1) is 10.6. The van der Waals surface area contributed by atoms with Crippen molar-refractivity contribution in [1.29, 1.82) is 0 Å². The number of carboxylic acid groups (broad SMARTS) is 1. The van der Waals surface area contributed by atoms with Crippen molar-refractivity contribution in [2.45, 2.75) is 6.42 Å². The highest BCUT2D eigenvalue weighted by Crippen LogP contribution is 2.26. The lowest BCUT2D eigenvalue weighted by molar-refractivity contribution is -0.136. The highest BCUT2D eigenvalue weighted by atomic mass is 35.5. The fraction of sp³-hybridized carbons (Fsp3) is 0.100. The number of hydrogen-bond acceptors (Lipinski definition) is 4. The van der Waals surface area contributed by atoms with Gasteiger partial charge in [-0.15, -0.1) is 10.2 Å². The normalized spacial score (nSPS) is 10.3. The van der Waals surface area contributed by atoms with Crippen LogP contribution in [-0.2, 0) is 11.2 Å². The first-order valence-electron chi connectivity index (χ1n) is 4.46. The summed E-state index contributed by atoms with van der Waals surface area (Å²) in [6, 6.07) is 6.97. The van der Waals surface area contributed by atoms with Gasteiger partial charge in [0.2, 0.25) is 11.8 Å². The Morgan fingerprint density at radius 1 is 1.38 bits per heavy atom. The Morgan fingerprint density at radius 2 is 2.12 bits per heavy atom. The second-order valence-corrected chi connectivity index (χ2v) is 3.46. The molecule has 16 heavy (non-hydrogen) atoms. The third-order valence-corrected chi connectivity index (χ3v) is 2.20. The van der Waals surface area contributed by atoms with E-state index in [1.165, 1.54) is 0 Å². The molecule has 0 spiro atoms. The number of nitrogens with zero attached hydrogens (tertiary/aromatic N) is 2. The minimum absolute atomic E-state index is 0.0578. The minimum atomic E-state index is -1.02. The molecule has 0 saturated carbocycles. The quantitative estimate of drug-likeness (QED) is 0.885. The van der Waals surface area contributed by atoms with Crippen molar-refractivity contribution in [3.63, 3.8) is 0 Å². The van der Waals surface area contributed by atoms with Crippen molar-refractivity contribution in [2.75, 3.05) is 0 Å². The van der Waals surface area contributed by atoms with Gasteiger partial charge in [-0.2, -0.15) is 0 Å². The fourth-order valence-corrected chi connectivity index (χ4v) is 1.41. The van der Waals surface area contributed by atoms with Crippen LogP contribution in [0.2, 0.25) is 5.02 Å². The van der Waals surface area contributed by atoms with E-state index in [2.05, 4.69) is 10.2 Å². The zero-order valence-electron chi connectivity index (χ0n) is 8.05. The summed E-state index contributed by atoms with van der Waals surface area (Å²) in [5.41, 5.74) is 0.591. The molecule has 0 radical (unpaired) electrons. The van der Waals surface area contributed by atoms with Gasteiger partial charge in [0.1, 0.15) is 6.42 Å². The lowest BCUT2D eigenvalue weighted by Crippen LogP contribution is -1.99. The number of carbonyl (C=O) groups is 1. The van der Waals surface area contributed by atoms with E-state index in [4.69, 9.17) is 21.1 Å².